The van der Waals surface area contributed by atoms with E-state index in [1.54, 1.807) is 6.07 Å². The Labute approximate surface area is 99.0 Å². The summed E-state index contributed by atoms with van der Waals surface area (Å²) in [4.78, 5) is 15.8. The molecule has 0 radical (unpaired) electrons. The van der Waals surface area contributed by atoms with Gasteiger partial charge in [0.15, 0.2) is 0 Å². The largest absolute Gasteiger partial charge is 0.379 e. The number of pyridine rings is 1. The van der Waals surface area contributed by atoms with E-state index in [0.29, 0.717) is 23.9 Å². The molecule has 0 aromatic carbocycles. The minimum absolute atomic E-state index is 0.113. The molecule has 1 aliphatic heterocycles. The summed E-state index contributed by atoms with van der Waals surface area (Å²) in [5, 5.41) is 3.31. The predicted molar refractivity (Wildman–Crippen MR) is 60.7 cm³/mol. The lowest BCUT2D eigenvalue weighted by Gasteiger charge is -2.11. The molecule has 0 bridgehead atoms. The zero-order valence-corrected chi connectivity index (χ0v) is 9.75. The highest BCUT2D eigenvalue weighted by Crippen LogP contribution is 2.13. The van der Waals surface area contributed by atoms with Gasteiger partial charge in [-0.15, -0.1) is 0 Å². The molecule has 16 heavy (non-hydrogen) atoms. The van der Waals surface area contributed by atoms with Crippen LogP contribution in [0.4, 0.5) is 0 Å². The lowest BCUT2D eigenvalue weighted by Crippen LogP contribution is -2.35. The maximum absolute atomic E-state index is 11.9. The zero-order valence-electron chi connectivity index (χ0n) is 9.00. The molecule has 86 valence electrons. The van der Waals surface area contributed by atoms with Crippen LogP contribution in [0.3, 0.4) is 0 Å². The lowest BCUT2D eigenvalue weighted by atomic mass is 10.1. The summed E-state index contributed by atoms with van der Waals surface area (Å²) in [5.41, 5.74) is 1.40. The molecule has 1 fully saturated rings. The molecule has 1 N–H and O–H groups in total. The Balaban J connectivity index is 2.08. The summed E-state index contributed by atoms with van der Waals surface area (Å²) in [6.07, 6.45) is 2.37. The maximum Gasteiger partial charge on any atom is 0.253 e. The van der Waals surface area contributed by atoms with Gasteiger partial charge in [0.1, 0.15) is 5.15 Å². The third-order valence-electron chi connectivity index (χ3n) is 2.59. The molecule has 2 heterocycles. The number of carbonyl (C=O) groups excluding carboxylic acids is 1. The number of carbonyl (C=O) groups is 1. The fraction of sp³-hybridized carbons (Fsp3) is 0.455. The summed E-state index contributed by atoms with van der Waals surface area (Å²) in [6.45, 7) is 3.14. The van der Waals surface area contributed by atoms with Gasteiger partial charge in [-0.3, -0.25) is 4.79 Å². The highest BCUT2D eigenvalue weighted by Gasteiger charge is 2.19. The summed E-state index contributed by atoms with van der Waals surface area (Å²) < 4.78 is 5.19. The van der Waals surface area contributed by atoms with Crippen molar-refractivity contribution < 1.29 is 9.53 Å². The van der Waals surface area contributed by atoms with Crippen LogP contribution in [0.15, 0.2) is 12.3 Å². The van der Waals surface area contributed by atoms with Crippen molar-refractivity contribution in [3.63, 3.8) is 0 Å². The Morgan fingerprint density at radius 2 is 2.50 bits per heavy atom. The van der Waals surface area contributed by atoms with E-state index in [4.69, 9.17) is 16.3 Å². The molecule has 2 rings (SSSR count). The van der Waals surface area contributed by atoms with Crippen molar-refractivity contribution in [2.24, 2.45) is 0 Å². The highest BCUT2D eigenvalue weighted by molar-refractivity contribution is 6.29. The first-order valence-corrected chi connectivity index (χ1v) is 5.55. The number of amides is 1. The van der Waals surface area contributed by atoms with Crippen molar-refractivity contribution in [3.05, 3.63) is 28.5 Å². The number of nitrogens with zero attached hydrogens (tertiary/aromatic N) is 1. The van der Waals surface area contributed by atoms with Crippen LogP contribution >= 0.6 is 11.6 Å². The number of halogens is 1. The number of aryl methyl sites for hydroxylation is 1. The molecule has 1 saturated heterocycles. The Hall–Kier alpha value is -1.13. The molecule has 0 saturated carbocycles. The number of ether oxygens (including phenoxy) is 1. The van der Waals surface area contributed by atoms with Crippen LogP contribution in [-0.2, 0) is 4.74 Å². The quantitative estimate of drug-likeness (QED) is 0.799. The number of hydrogen-bond acceptors (Lipinski definition) is 3. The van der Waals surface area contributed by atoms with Crippen molar-refractivity contribution in [2.75, 3.05) is 13.2 Å². The third kappa shape index (κ3) is 2.51. The van der Waals surface area contributed by atoms with Crippen LogP contribution < -0.4 is 5.32 Å². The Morgan fingerprint density at radius 3 is 3.12 bits per heavy atom. The minimum Gasteiger partial charge on any atom is -0.379 e. The van der Waals surface area contributed by atoms with Gasteiger partial charge in [-0.05, 0) is 25.0 Å². The number of rotatable bonds is 2. The van der Waals surface area contributed by atoms with Gasteiger partial charge in [0.2, 0.25) is 0 Å². The van der Waals surface area contributed by atoms with E-state index in [9.17, 15) is 4.79 Å². The Kier molecular flexibility index (Phi) is 3.41. The fourth-order valence-corrected chi connectivity index (χ4v) is 1.88. The smallest absolute Gasteiger partial charge is 0.253 e. The molecule has 4 nitrogen and oxygen atoms in total. The molecule has 0 aliphatic carbocycles. The number of nitrogens with one attached hydrogen (secondary N) is 1. The topological polar surface area (TPSA) is 51.2 Å². The number of aromatic nitrogens is 1. The molecule has 5 heteroatoms. The van der Waals surface area contributed by atoms with Crippen molar-refractivity contribution in [1.82, 2.24) is 10.3 Å². The zero-order chi connectivity index (χ0) is 11.5. The third-order valence-corrected chi connectivity index (χ3v) is 2.79. The molecule has 1 aliphatic rings. The fourth-order valence-electron chi connectivity index (χ4n) is 1.67. The van der Waals surface area contributed by atoms with E-state index in [1.165, 1.54) is 6.20 Å². The molecule has 1 aromatic heterocycles. The summed E-state index contributed by atoms with van der Waals surface area (Å²) in [6, 6.07) is 1.80. The van der Waals surface area contributed by atoms with Gasteiger partial charge in [0.05, 0.1) is 18.2 Å². The first-order chi connectivity index (χ1) is 7.66. The Morgan fingerprint density at radius 1 is 1.69 bits per heavy atom. The van der Waals surface area contributed by atoms with Gasteiger partial charge in [0, 0.05) is 12.8 Å². The first-order valence-electron chi connectivity index (χ1n) is 5.17. The van der Waals surface area contributed by atoms with E-state index in [0.717, 1.165) is 12.0 Å². The molecular weight excluding hydrogens is 228 g/mol. The standard InChI is InChI=1S/C11H13ClN2O2/c1-7-4-10(12)13-5-9(7)11(15)14-8-2-3-16-6-8/h4-5,8H,2-3,6H2,1H3,(H,14,15)/t8-/m1/s1. The van der Waals surface area contributed by atoms with Crippen LogP contribution in [0, 0.1) is 6.92 Å². The molecule has 0 unspecified atom stereocenters. The van der Waals surface area contributed by atoms with E-state index in [2.05, 4.69) is 10.3 Å². The Bertz CT molecular complexity index is 403. The van der Waals surface area contributed by atoms with E-state index in [1.807, 2.05) is 6.92 Å². The second-order valence-corrected chi connectivity index (χ2v) is 4.24. The molecular formula is C11H13ClN2O2. The van der Waals surface area contributed by atoms with Crippen molar-refractivity contribution >= 4 is 17.5 Å². The predicted octanol–water partition coefficient (Wildman–Crippen LogP) is 1.56. The van der Waals surface area contributed by atoms with Crippen LogP contribution in [0.25, 0.3) is 0 Å². The number of hydrogen-bond donors (Lipinski definition) is 1. The van der Waals surface area contributed by atoms with Gasteiger partial charge in [-0.25, -0.2) is 4.98 Å². The van der Waals surface area contributed by atoms with Gasteiger partial charge in [-0.1, -0.05) is 11.6 Å². The normalized spacial score (nSPS) is 19.8. The molecule has 0 spiro atoms. The average molecular weight is 241 g/mol. The maximum atomic E-state index is 11.9. The van der Waals surface area contributed by atoms with E-state index < -0.39 is 0 Å². The van der Waals surface area contributed by atoms with Crippen LogP contribution in [0.1, 0.15) is 22.3 Å². The minimum atomic E-state index is -0.114. The first kappa shape index (κ1) is 11.4. The molecule has 1 amide bonds. The monoisotopic (exact) mass is 240 g/mol. The van der Waals surface area contributed by atoms with E-state index >= 15 is 0 Å². The summed E-state index contributed by atoms with van der Waals surface area (Å²) in [5.74, 6) is -0.114. The summed E-state index contributed by atoms with van der Waals surface area (Å²) in [7, 11) is 0. The second-order valence-electron chi connectivity index (χ2n) is 3.86. The van der Waals surface area contributed by atoms with Gasteiger partial charge < -0.3 is 10.1 Å². The van der Waals surface area contributed by atoms with Crippen LogP contribution in [-0.4, -0.2) is 30.1 Å². The molecule has 1 aromatic rings. The van der Waals surface area contributed by atoms with Crippen molar-refractivity contribution in [2.45, 2.75) is 19.4 Å². The van der Waals surface area contributed by atoms with Gasteiger partial charge in [0.25, 0.3) is 5.91 Å². The van der Waals surface area contributed by atoms with Gasteiger partial charge >= 0.3 is 0 Å². The summed E-state index contributed by atoms with van der Waals surface area (Å²) >= 11 is 5.73. The highest BCUT2D eigenvalue weighted by atomic mass is 35.5. The lowest BCUT2D eigenvalue weighted by molar-refractivity contribution is 0.0929. The van der Waals surface area contributed by atoms with Crippen molar-refractivity contribution in [1.29, 1.82) is 0 Å². The SMILES string of the molecule is Cc1cc(Cl)ncc1C(=O)N[C@@H]1CCOC1. The second kappa shape index (κ2) is 4.80. The van der Waals surface area contributed by atoms with Crippen molar-refractivity contribution in [3.8, 4) is 0 Å². The van der Waals surface area contributed by atoms with Crippen LogP contribution in [0.5, 0.6) is 0 Å². The average Bonchev–Trinajstić information content (AvgIpc) is 2.70. The van der Waals surface area contributed by atoms with Gasteiger partial charge in [-0.2, -0.15) is 0 Å². The van der Waals surface area contributed by atoms with E-state index in [-0.39, 0.29) is 11.9 Å². The molecule has 1 atom stereocenters. The van der Waals surface area contributed by atoms with Crippen LogP contribution in [0.2, 0.25) is 5.15 Å².